The Bertz CT molecular complexity index is 6230. The molecule has 0 unspecified atom stereocenters. The normalized spacial score (nSPS) is 11.7. The van der Waals surface area contributed by atoms with E-state index in [9.17, 15) is 0 Å². The Kier molecular flexibility index (Phi) is 12.5. The van der Waals surface area contributed by atoms with Crippen LogP contribution in [0.3, 0.4) is 0 Å². The monoisotopic (exact) mass is 1170 g/mol. The van der Waals surface area contributed by atoms with Gasteiger partial charge in [-0.05, 0) is 138 Å². The van der Waals surface area contributed by atoms with Crippen LogP contribution < -0.4 is 0 Å². The van der Waals surface area contributed by atoms with Crippen molar-refractivity contribution in [1.29, 1.82) is 0 Å². The number of rotatable bonds is 6. The highest BCUT2D eigenvalue weighted by Crippen LogP contribution is 2.38. The molecule has 13 aromatic carbocycles. The molecule has 0 saturated heterocycles. The largest absolute Gasteiger partial charge is 0.248 e. The van der Waals surface area contributed by atoms with E-state index in [0.717, 1.165) is 133 Å². The lowest BCUT2D eigenvalue weighted by Gasteiger charge is -2.12. The maximum Gasteiger partial charge on any atom is 0.0894 e. The van der Waals surface area contributed by atoms with Crippen LogP contribution in [0.1, 0.15) is 0 Å². The lowest BCUT2D eigenvalue weighted by atomic mass is 9.93. The summed E-state index contributed by atoms with van der Waals surface area (Å²) in [6.07, 6.45) is 0. The van der Waals surface area contributed by atoms with Gasteiger partial charge in [-0.2, -0.15) is 0 Å². The van der Waals surface area contributed by atoms with Crippen LogP contribution in [0.5, 0.6) is 0 Å². The Morgan fingerprint density at radius 1 is 0.152 bits per heavy atom. The fraction of sp³-hybridized carbons (Fsp3) is 0. The number of benzene rings is 13. The minimum absolute atomic E-state index is 0.855. The van der Waals surface area contributed by atoms with Crippen LogP contribution in [-0.2, 0) is 0 Å². The van der Waals surface area contributed by atoms with Crippen LogP contribution in [0.25, 0.3) is 187 Å². The Labute approximate surface area is 529 Å². The van der Waals surface area contributed by atoms with Crippen LogP contribution in [0.2, 0.25) is 0 Å². The second kappa shape index (κ2) is 21.7. The van der Waals surface area contributed by atoms with E-state index in [4.69, 9.17) is 29.9 Å². The molecule has 0 saturated carbocycles. The van der Waals surface area contributed by atoms with Crippen molar-refractivity contribution < 1.29 is 0 Å². The van der Waals surface area contributed by atoms with E-state index in [0.29, 0.717) is 0 Å². The molecule has 19 rings (SSSR count). The summed E-state index contributed by atoms with van der Waals surface area (Å²) in [5.41, 5.74) is 17.9. The van der Waals surface area contributed by atoms with Crippen LogP contribution in [0.15, 0.2) is 315 Å². The molecule has 0 spiro atoms. The van der Waals surface area contributed by atoms with Crippen molar-refractivity contribution in [3.63, 3.8) is 0 Å². The van der Waals surface area contributed by atoms with Gasteiger partial charge >= 0.3 is 0 Å². The molecular formula is C86H52N6. The minimum atomic E-state index is 0.855. The molecule has 0 radical (unpaired) electrons. The molecule has 6 aromatic heterocycles. The molecule has 0 aliphatic rings. The van der Waals surface area contributed by atoms with Crippen molar-refractivity contribution >= 4 is 119 Å². The van der Waals surface area contributed by atoms with E-state index < -0.39 is 0 Å². The Morgan fingerprint density at radius 3 is 1.00 bits per heavy atom. The molecule has 92 heavy (non-hydrogen) atoms. The highest BCUT2D eigenvalue weighted by atomic mass is 14.8. The number of fused-ring (bicyclic) bond motifs is 14. The summed E-state index contributed by atoms with van der Waals surface area (Å²) >= 11 is 0. The fourth-order valence-electron chi connectivity index (χ4n) is 13.4. The third kappa shape index (κ3) is 9.45. The Morgan fingerprint density at radius 2 is 0.467 bits per heavy atom. The van der Waals surface area contributed by atoms with Crippen LogP contribution in [-0.4, -0.2) is 29.9 Å². The molecule has 6 heterocycles. The van der Waals surface area contributed by atoms with Gasteiger partial charge in [-0.15, -0.1) is 0 Å². The van der Waals surface area contributed by atoms with E-state index in [1.54, 1.807) is 0 Å². The van der Waals surface area contributed by atoms with Gasteiger partial charge in [-0.3, -0.25) is 0 Å². The summed E-state index contributed by atoms with van der Waals surface area (Å²) in [6.45, 7) is 0. The minimum Gasteiger partial charge on any atom is -0.248 e. The highest BCUT2D eigenvalue weighted by Gasteiger charge is 2.15. The van der Waals surface area contributed by atoms with Crippen LogP contribution in [0, 0.1) is 0 Å². The summed E-state index contributed by atoms with van der Waals surface area (Å²) in [5, 5.41) is 18.8. The molecular weight excluding hydrogens is 1120 g/mol. The molecule has 0 fully saturated rings. The number of hydrogen-bond donors (Lipinski definition) is 0. The molecule has 6 heteroatoms. The smallest absolute Gasteiger partial charge is 0.0894 e. The standard InChI is InChI=1S/C45H27N3.C41H25N3/c1-4-10-36-28(7-1)13-16-31-21-24-42(48-45(31)36)41-23-20-30-15-18-34(27-44(30)47-41)40-22-19-29-14-17-33(26-43(29)46-40)39-25-32-8-2-3-9-35(32)37-11-5-6-12-38(37)39;1-2-7-31-23-32(14-9-26(31)5-1)33-15-11-28-17-20-36(42-39(28)24-33)34-16-12-29-18-21-37(43-40(29)25-34)38-22-19-30-13-10-27-6-3-4-8-35(27)41(30)44-38/h1-27H;1-25H. The molecule has 0 bridgehead atoms. The van der Waals surface area contributed by atoms with E-state index in [-0.39, 0.29) is 0 Å². The molecule has 0 atom stereocenters. The fourth-order valence-corrected chi connectivity index (χ4v) is 13.4. The first-order chi connectivity index (χ1) is 45.5. The predicted molar refractivity (Wildman–Crippen MR) is 385 cm³/mol. The van der Waals surface area contributed by atoms with Crippen molar-refractivity contribution in [3.8, 4) is 67.5 Å². The summed E-state index contributed by atoms with van der Waals surface area (Å²) in [7, 11) is 0. The maximum absolute atomic E-state index is 5.18. The van der Waals surface area contributed by atoms with E-state index in [1.165, 1.54) is 54.2 Å². The highest BCUT2D eigenvalue weighted by molar-refractivity contribution is 6.14. The van der Waals surface area contributed by atoms with Gasteiger partial charge in [0.25, 0.3) is 0 Å². The first kappa shape index (κ1) is 52.7. The zero-order chi connectivity index (χ0) is 60.6. The zero-order valence-corrected chi connectivity index (χ0v) is 49.7. The van der Waals surface area contributed by atoms with Gasteiger partial charge in [0, 0.05) is 54.2 Å². The van der Waals surface area contributed by atoms with Gasteiger partial charge in [-0.25, -0.2) is 29.9 Å². The molecule has 6 nitrogen and oxygen atoms in total. The summed E-state index contributed by atoms with van der Waals surface area (Å²) in [4.78, 5) is 30.6. The van der Waals surface area contributed by atoms with Gasteiger partial charge in [-0.1, -0.05) is 243 Å². The van der Waals surface area contributed by atoms with Gasteiger partial charge < -0.3 is 0 Å². The van der Waals surface area contributed by atoms with E-state index >= 15 is 0 Å². The topological polar surface area (TPSA) is 77.3 Å². The third-order valence-electron chi connectivity index (χ3n) is 18.2. The van der Waals surface area contributed by atoms with Crippen molar-refractivity contribution in [2.45, 2.75) is 0 Å². The first-order valence-corrected chi connectivity index (χ1v) is 31.1. The molecule has 0 aliphatic heterocycles. The first-order valence-electron chi connectivity index (χ1n) is 31.1. The van der Waals surface area contributed by atoms with Crippen molar-refractivity contribution in [1.82, 2.24) is 29.9 Å². The van der Waals surface area contributed by atoms with Crippen LogP contribution in [0.4, 0.5) is 0 Å². The Balaban J connectivity index is 0.000000136. The third-order valence-corrected chi connectivity index (χ3v) is 18.2. The zero-order valence-electron chi connectivity index (χ0n) is 49.7. The van der Waals surface area contributed by atoms with Crippen LogP contribution >= 0.6 is 0 Å². The molecule has 426 valence electrons. The number of pyridine rings is 6. The number of nitrogens with zero attached hydrogens (tertiary/aromatic N) is 6. The second-order valence-corrected chi connectivity index (χ2v) is 23.8. The van der Waals surface area contributed by atoms with Gasteiger partial charge in [0.05, 0.1) is 67.3 Å². The second-order valence-electron chi connectivity index (χ2n) is 23.8. The quantitative estimate of drug-likeness (QED) is 0.154. The molecule has 0 N–H and O–H groups in total. The van der Waals surface area contributed by atoms with Gasteiger partial charge in [0.15, 0.2) is 0 Å². The summed E-state index contributed by atoms with van der Waals surface area (Å²) in [6, 6.07) is 111. The molecule has 0 amide bonds. The molecule has 0 aliphatic carbocycles. The lowest BCUT2D eigenvalue weighted by Crippen LogP contribution is -1.91. The maximum atomic E-state index is 5.18. The van der Waals surface area contributed by atoms with Gasteiger partial charge in [0.1, 0.15) is 0 Å². The summed E-state index contributed by atoms with van der Waals surface area (Å²) < 4.78 is 0. The average Bonchev–Trinajstić information content (AvgIpc) is 1.04. The van der Waals surface area contributed by atoms with E-state index in [2.05, 4.69) is 315 Å². The SMILES string of the molecule is c1ccc2c(c1)cc(-c1ccc3ccc(-c4ccc5ccc(-c6ccc7ccc8ccccc8c7n6)nc5c4)nc3c1)c1ccccc12.c1ccc2cc(-c3ccc4ccc(-c5ccc6ccc(-c7ccc8ccc9ccccc9c8n7)nc6c5)nc4c3)ccc2c1. The van der Waals surface area contributed by atoms with E-state index in [1.807, 2.05) is 0 Å². The average molecular weight is 1170 g/mol. The van der Waals surface area contributed by atoms with Crippen molar-refractivity contribution in [3.05, 3.63) is 315 Å². The predicted octanol–water partition coefficient (Wildman–Crippen LogP) is 22.4. The number of aromatic nitrogens is 6. The summed E-state index contributed by atoms with van der Waals surface area (Å²) in [5.74, 6) is 0. The number of hydrogen-bond acceptors (Lipinski definition) is 6. The van der Waals surface area contributed by atoms with Crippen molar-refractivity contribution in [2.75, 3.05) is 0 Å². The molecule has 19 aromatic rings. The van der Waals surface area contributed by atoms with Gasteiger partial charge in [0.2, 0.25) is 0 Å². The lowest BCUT2D eigenvalue weighted by molar-refractivity contribution is 1.32. The Hall–Kier alpha value is -12.4. The van der Waals surface area contributed by atoms with Crippen molar-refractivity contribution in [2.24, 2.45) is 0 Å².